The van der Waals surface area contributed by atoms with E-state index in [2.05, 4.69) is 17.6 Å². The van der Waals surface area contributed by atoms with Gasteiger partial charge in [0.05, 0.1) is 6.61 Å². The van der Waals surface area contributed by atoms with Crippen LogP contribution in [0.3, 0.4) is 0 Å². The quantitative estimate of drug-likeness (QED) is 0.584. The van der Waals surface area contributed by atoms with Crippen LogP contribution < -0.4 is 10.6 Å². The van der Waals surface area contributed by atoms with Crippen LogP contribution in [0.5, 0.6) is 0 Å². The third kappa shape index (κ3) is 5.48. The van der Waals surface area contributed by atoms with E-state index in [4.69, 9.17) is 9.84 Å². The Balaban J connectivity index is 2.24. The molecule has 0 saturated carbocycles. The third-order valence-corrected chi connectivity index (χ3v) is 3.02. The van der Waals surface area contributed by atoms with Gasteiger partial charge in [-0.25, -0.2) is 0 Å². The lowest BCUT2D eigenvalue weighted by Gasteiger charge is -2.24. The summed E-state index contributed by atoms with van der Waals surface area (Å²) in [5, 5.41) is 15.0. The van der Waals surface area contributed by atoms with Crippen LogP contribution in [-0.4, -0.2) is 50.0 Å². The lowest BCUT2D eigenvalue weighted by Crippen LogP contribution is -2.48. The van der Waals surface area contributed by atoms with Gasteiger partial charge in [0.25, 0.3) is 0 Å². The second-order valence-electron chi connectivity index (χ2n) is 4.48. The number of rotatable bonds is 7. The van der Waals surface area contributed by atoms with Crippen LogP contribution in [0, 0.1) is 5.92 Å². The standard InChI is InChI=1S/C12H24N2O3/c1-2-3-10(4-6-15)8-14-12(16)11-9-13-5-7-17-11/h10-11,13,15H,2-9H2,1H3,(H,14,16). The first kappa shape index (κ1) is 14.4. The van der Waals surface area contributed by atoms with Crippen LogP contribution in [0.4, 0.5) is 0 Å². The fraction of sp³-hybridized carbons (Fsp3) is 0.917. The molecule has 17 heavy (non-hydrogen) atoms. The highest BCUT2D eigenvalue weighted by Crippen LogP contribution is 2.09. The Morgan fingerprint density at radius 3 is 3.00 bits per heavy atom. The Bertz CT molecular complexity index is 212. The molecular formula is C12H24N2O3. The zero-order valence-corrected chi connectivity index (χ0v) is 10.6. The average molecular weight is 244 g/mol. The molecule has 3 N–H and O–H groups in total. The molecule has 0 aromatic heterocycles. The van der Waals surface area contributed by atoms with Gasteiger partial charge < -0.3 is 20.5 Å². The van der Waals surface area contributed by atoms with Crippen molar-refractivity contribution in [1.82, 2.24) is 10.6 Å². The third-order valence-electron chi connectivity index (χ3n) is 3.02. The second-order valence-corrected chi connectivity index (χ2v) is 4.48. The molecule has 0 spiro atoms. The first-order valence-electron chi connectivity index (χ1n) is 6.48. The summed E-state index contributed by atoms with van der Waals surface area (Å²) in [4.78, 5) is 11.8. The number of carbonyl (C=O) groups is 1. The van der Waals surface area contributed by atoms with Crippen LogP contribution in [-0.2, 0) is 9.53 Å². The maximum Gasteiger partial charge on any atom is 0.250 e. The minimum absolute atomic E-state index is 0.0451. The van der Waals surface area contributed by atoms with Crippen molar-refractivity contribution in [3.8, 4) is 0 Å². The van der Waals surface area contributed by atoms with Crippen LogP contribution >= 0.6 is 0 Å². The first-order chi connectivity index (χ1) is 8.27. The summed E-state index contributed by atoms with van der Waals surface area (Å²) in [6.07, 6.45) is 2.49. The molecule has 2 atom stereocenters. The molecule has 5 nitrogen and oxygen atoms in total. The van der Waals surface area contributed by atoms with E-state index in [9.17, 15) is 4.79 Å². The molecule has 1 aliphatic heterocycles. The maximum atomic E-state index is 11.8. The zero-order valence-electron chi connectivity index (χ0n) is 10.6. The zero-order chi connectivity index (χ0) is 12.5. The highest BCUT2D eigenvalue weighted by Gasteiger charge is 2.21. The number of morpholine rings is 1. The largest absolute Gasteiger partial charge is 0.396 e. The fourth-order valence-electron chi connectivity index (χ4n) is 2.03. The average Bonchev–Trinajstić information content (AvgIpc) is 2.37. The van der Waals surface area contributed by atoms with E-state index in [-0.39, 0.29) is 18.6 Å². The summed E-state index contributed by atoms with van der Waals surface area (Å²) < 4.78 is 5.37. The molecule has 1 heterocycles. The number of nitrogens with one attached hydrogen (secondary N) is 2. The van der Waals surface area contributed by atoms with Crippen molar-refractivity contribution in [1.29, 1.82) is 0 Å². The number of aliphatic hydroxyl groups excluding tert-OH is 1. The Labute approximate surface area is 103 Å². The van der Waals surface area contributed by atoms with Crippen molar-refractivity contribution >= 4 is 5.91 Å². The van der Waals surface area contributed by atoms with Gasteiger partial charge in [-0.05, 0) is 18.8 Å². The molecule has 5 heteroatoms. The van der Waals surface area contributed by atoms with Crippen molar-refractivity contribution in [3.63, 3.8) is 0 Å². The summed E-state index contributed by atoms with van der Waals surface area (Å²) in [6.45, 7) is 4.92. The lowest BCUT2D eigenvalue weighted by atomic mass is 10.0. The lowest BCUT2D eigenvalue weighted by molar-refractivity contribution is -0.134. The van der Waals surface area contributed by atoms with Gasteiger partial charge in [-0.2, -0.15) is 0 Å². The molecule has 0 radical (unpaired) electrons. The van der Waals surface area contributed by atoms with E-state index in [0.29, 0.717) is 25.6 Å². The molecule has 2 unspecified atom stereocenters. The maximum absolute atomic E-state index is 11.8. The number of ether oxygens (including phenoxy) is 1. The Morgan fingerprint density at radius 1 is 1.59 bits per heavy atom. The van der Waals surface area contributed by atoms with Gasteiger partial charge in [-0.3, -0.25) is 4.79 Å². The molecule has 0 aliphatic carbocycles. The van der Waals surface area contributed by atoms with Crippen molar-refractivity contribution < 1.29 is 14.6 Å². The summed E-state index contributed by atoms with van der Waals surface area (Å²) in [5.41, 5.74) is 0. The highest BCUT2D eigenvalue weighted by atomic mass is 16.5. The molecule has 0 aromatic rings. The van der Waals surface area contributed by atoms with Gasteiger partial charge in [-0.1, -0.05) is 13.3 Å². The van der Waals surface area contributed by atoms with Crippen LogP contribution in [0.15, 0.2) is 0 Å². The van der Waals surface area contributed by atoms with Crippen molar-refractivity contribution in [2.24, 2.45) is 5.92 Å². The van der Waals surface area contributed by atoms with Crippen molar-refractivity contribution in [3.05, 3.63) is 0 Å². The summed E-state index contributed by atoms with van der Waals surface area (Å²) in [6, 6.07) is 0. The molecule has 0 bridgehead atoms. The van der Waals surface area contributed by atoms with Gasteiger partial charge >= 0.3 is 0 Å². The van der Waals surface area contributed by atoms with Gasteiger partial charge in [0.2, 0.25) is 5.91 Å². The van der Waals surface area contributed by atoms with Gasteiger partial charge in [0, 0.05) is 26.2 Å². The summed E-state index contributed by atoms with van der Waals surface area (Å²) >= 11 is 0. The molecule has 100 valence electrons. The van der Waals surface area contributed by atoms with Crippen molar-refractivity contribution in [2.75, 3.05) is 32.8 Å². The number of aliphatic hydroxyl groups is 1. The Kier molecular flexibility index (Phi) is 7.16. The topological polar surface area (TPSA) is 70.6 Å². The van der Waals surface area contributed by atoms with Crippen molar-refractivity contribution in [2.45, 2.75) is 32.3 Å². The smallest absolute Gasteiger partial charge is 0.250 e. The number of amides is 1. The van der Waals surface area contributed by atoms with Crippen LogP contribution in [0.1, 0.15) is 26.2 Å². The summed E-state index contributed by atoms with van der Waals surface area (Å²) in [5.74, 6) is 0.321. The molecule has 1 fully saturated rings. The minimum atomic E-state index is -0.361. The Hall–Kier alpha value is -0.650. The molecule has 1 saturated heterocycles. The normalized spacial score (nSPS) is 22.1. The molecule has 0 aromatic carbocycles. The van der Waals surface area contributed by atoms with E-state index in [0.717, 1.165) is 25.8 Å². The van der Waals surface area contributed by atoms with E-state index < -0.39 is 0 Å². The van der Waals surface area contributed by atoms with E-state index >= 15 is 0 Å². The van der Waals surface area contributed by atoms with Crippen LogP contribution in [0.25, 0.3) is 0 Å². The molecule has 1 rings (SSSR count). The predicted octanol–water partition coefficient (Wildman–Crippen LogP) is -0.110. The predicted molar refractivity (Wildman–Crippen MR) is 65.7 cm³/mol. The van der Waals surface area contributed by atoms with Gasteiger partial charge in [-0.15, -0.1) is 0 Å². The summed E-state index contributed by atoms with van der Waals surface area (Å²) in [7, 11) is 0. The second kappa shape index (κ2) is 8.44. The fourth-order valence-corrected chi connectivity index (χ4v) is 2.03. The number of hydrogen-bond donors (Lipinski definition) is 3. The van der Waals surface area contributed by atoms with Gasteiger partial charge in [0.1, 0.15) is 6.10 Å². The number of hydrogen-bond acceptors (Lipinski definition) is 4. The van der Waals surface area contributed by atoms with E-state index in [1.807, 2.05) is 0 Å². The van der Waals surface area contributed by atoms with Crippen LogP contribution in [0.2, 0.25) is 0 Å². The SMILES string of the molecule is CCCC(CCO)CNC(=O)C1CNCCO1. The monoisotopic (exact) mass is 244 g/mol. The molecule has 1 aliphatic rings. The number of carbonyl (C=O) groups excluding carboxylic acids is 1. The van der Waals surface area contributed by atoms with E-state index in [1.165, 1.54) is 0 Å². The van der Waals surface area contributed by atoms with E-state index in [1.54, 1.807) is 0 Å². The molecule has 1 amide bonds. The van der Waals surface area contributed by atoms with Gasteiger partial charge in [0.15, 0.2) is 0 Å². The minimum Gasteiger partial charge on any atom is -0.396 e. The first-order valence-corrected chi connectivity index (χ1v) is 6.48. The highest BCUT2D eigenvalue weighted by molar-refractivity contribution is 5.81. The Morgan fingerprint density at radius 2 is 2.41 bits per heavy atom. The molecular weight excluding hydrogens is 220 g/mol.